The van der Waals surface area contributed by atoms with E-state index in [2.05, 4.69) is 65.2 Å². The monoisotopic (exact) mass is 858 g/mol. The maximum Gasteiger partial charge on any atom is 0.324 e. The molecule has 6 bridgehead atoms. The number of carbonyl (C=O) groups is 3. The number of methoxy groups -OCH3 is 1. The third-order valence-electron chi connectivity index (χ3n) is 10.9. The van der Waals surface area contributed by atoms with E-state index in [0.717, 1.165) is 69.3 Å². The number of nitrogens with one attached hydrogen (secondary N) is 2. The first-order valence-electron chi connectivity index (χ1n) is 19.0. The van der Waals surface area contributed by atoms with E-state index in [9.17, 15) is 14.4 Å². The molecule has 1 aromatic carbocycles. The van der Waals surface area contributed by atoms with Crippen LogP contribution in [-0.4, -0.2) is 113 Å². The van der Waals surface area contributed by atoms with E-state index in [1.54, 1.807) is 18.2 Å². The first-order chi connectivity index (χ1) is 26.0. The highest BCUT2D eigenvalue weighted by atomic mass is 32.1. The van der Waals surface area contributed by atoms with Crippen molar-refractivity contribution in [3.8, 4) is 22.5 Å². The number of cyclic esters (lactones) is 1. The fraction of sp³-hybridized carbons (Fsp3) is 0.525. The number of hydrazine groups is 1. The number of nitrogens with zero attached hydrogens (tertiary/aromatic N) is 6. The van der Waals surface area contributed by atoms with E-state index in [1.165, 1.54) is 16.3 Å². The first kappa shape index (κ1) is 46.4. The van der Waals surface area contributed by atoms with E-state index in [1.807, 2.05) is 25.4 Å². The minimum Gasteiger partial charge on any atom is -0.464 e. The van der Waals surface area contributed by atoms with Crippen LogP contribution in [-0.2, 0) is 38.4 Å². The minimum absolute atomic E-state index is 0. The Morgan fingerprint density at radius 3 is 2.60 bits per heavy atom. The van der Waals surface area contributed by atoms with Gasteiger partial charge in [-0.05, 0) is 70.0 Å². The molecule has 13 nitrogen and oxygen atoms in total. The molecule has 7 rings (SSSR count). The lowest BCUT2D eigenvalue weighted by atomic mass is 9.84. The third-order valence-corrected chi connectivity index (χ3v) is 11.8. The Kier molecular flexibility index (Phi) is 16.0. The fourth-order valence-electron chi connectivity index (χ4n) is 7.81. The molecule has 3 amide bonds. The second-order valence-corrected chi connectivity index (χ2v) is 16.4. The van der Waals surface area contributed by atoms with Crippen molar-refractivity contribution in [2.45, 2.75) is 78.1 Å². The fourth-order valence-corrected chi connectivity index (χ4v) is 8.66. The number of ether oxygens (including phenoxy) is 2. The van der Waals surface area contributed by atoms with Gasteiger partial charge in [0.2, 0.25) is 0 Å². The summed E-state index contributed by atoms with van der Waals surface area (Å²) in [6.45, 7) is 12.4. The van der Waals surface area contributed by atoms with E-state index in [4.69, 9.17) is 19.4 Å². The largest absolute Gasteiger partial charge is 0.464 e. The molecule has 3 aromatic heterocycles. The standard InChI is InChI=1S/C40H52N8O5S.3H2S/c1-7-47-33-13-12-26-20-28(33)29(36(47)27-10-8-14-41-35(27)25(2)52-6)22-40(3,4)24-53-38(50)30-11-9-15-48(44-30)37(49)31(21-34-42-32(26)23-54-34)43-39(51)46-18-16-45(5)17-19-46;;;/h8,10,12-14,20,23,25,30-31,44H,7,9,11,15-19,21-22,24H2,1-6H3,(H,43,51);3*1H2/t25-,30-,31-;;;/m0.../s1. The van der Waals surface area contributed by atoms with E-state index < -0.39 is 23.5 Å². The van der Waals surface area contributed by atoms with Crippen molar-refractivity contribution in [3.63, 3.8) is 0 Å². The molecule has 6 heterocycles. The molecular weight excluding hydrogens is 801 g/mol. The van der Waals surface area contributed by atoms with Gasteiger partial charge in [-0.3, -0.25) is 19.6 Å². The van der Waals surface area contributed by atoms with Crippen molar-refractivity contribution in [2.75, 3.05) is 53.5 Å². The molecule has 57 heavy (non-hydrogen) atoms. The lowest BCUT2D eigenvalue weighted by Gasteiger charge is -2.37. The second kappa shape index (κ2) is 19.6. The summed E-state index contributed by atoms with van der Waals surface area (Å²) in [4.78, 5) is 55.2. The third kappa shape index (κ3) is 9.94. The SMILES string of the molecule is CCn1c(-c2cccnc2[C@H](C)OC)c2c3cc(ccc31)-c1csc(n1)C[C@H](NC(=O)N1CCN(C)CC1)C(=O)N1CCC[C@H](N1)C(=O)OCC(C)(C)C2.S.S.S. The van der Waals surface area contributed by atoms with Crippen molar-refractivity contribution in [3.05, 3.63) is 58.2 Å². The molecule has 2 saturated heterocycles. The highest BCUT2D eigenvalue weighted by molar-refractivity contribution is 7.59. The predicted molar refractivity (Wildman–Crippen MR) is 240 cm³/mol. The molecule has 0 saturated carbocycles. The number of rotatable bonds is 5. The first-order valence-corrected chi connectivity index (χ1v) is 19.9. The molecule has 0 radical (unpaired) electrons. The van der Waals surface area contributed by atoms with Gasteiger partial charge in [0, 0.05) is 91.8 Å². The quantitative estimate of drug-likeness (QED) is 0.254. The van der Waals surface area contributed by atoms with Gasteiger partial charge in [0.25, 0.3) is 5.91 Å². The topological polar surface area (TPSA) is 134 Å². The van der Waals surface area contributed by atoms with Gasteiger partial charge in [-0.25, -0.2) is 15.2 Å². The molecule has 0 spiro atoms. The predicted octanol–water partition coefficient (Wildman–Crippen LogP) is 5.38. The maximum atomic E-state index is 14.2. The zero-order valence-electron chi connectivity index (χ0n) is 33.7. The maximum absolute atomic E-state index is 14.2. The summed E-state index contributed by atoms with van der Waals surface area (Å²) in [7, 11) is 3.73. The highest BCUT2D eigenvalue weighted by Gasteiger charge is 2.36. The number of benzene rings is 1. The number of aryl methyl sites for hydroxylation is 1. The Balaban J connectivity index is 0.00000240. The zero-order valence-corrected chi connectivity index (χ0v) is 37.5. The van der Waals surface area contributed by atoms with Gasteiger partial charge in [0.05, 0.1) is 34.8 Å². The van der Waals surface area contributed by atoms with Gasteiger partial charge in [-0.1, -0.05) is 19.9 Å². The number of amides is 3. The number of carbonyl (C=O) groups excluding carboxylic acids is 3. The van der Waals surface area contributed by atoms with E-state index in [0.29, 0.717) is 38.9 Å². The average molecular weight is 859 g/mol. The number of piperazine rings is 1. The van der Waals surface area contributed by atoms with Gasteiger partial charge < -0.3 is 29.2 Å². The molecule has 312 valence electrons. The van der Waals surface area contributed by atoms with Gasteiger partial charge in [-0.15, -0.1) is 11.3 Å². The summed E-state index contributed by atoms with van der Waals surface area (Å²) < 4.78 is 14.2. The minimum atomic E-state index is -0.880. The van der Waals surface area contributed by atoms with Crippen molar-refractivity contribution >= 4 is 80.6 Å². The molecule has 3 aliphatic heterocycles. The van der Waals surface area contributed by atoms with Crippen LogP contribution >= 0.6 is 51.8 Å². The van der Waals surface area contributed by atoms with E-state index >= 15 is 0 Å². The molecule has 17 heteroatoms. The summed E-state index contributed by atoms with van der Waals surface area (Å²) in [5.74, 6) is -0.698. The number of esters is 1. The molecule has 3 atom stereocenters. The normalized spacial score (nSPS) is 20.7. The Labute approximate surface area is 360 Å². The van der Waals surface area contributed by atoms with Crippen molar-refractivity contribution in [2.24, 2.45) is 5.41 Å². The number of fused-ring (bicyclic) bond motifs is 6. The Morgan fingerprint density at radius 2 is 1.88 bits per heavy atom. The van der Waals surface area contributed by atoms with Crippen LogP contribution in [0.5, 0.6) is 0 Å². The van der Waals surface area contributed by atoms with Crippen LogP contribution in [0.3, 0.4) is 0 Å². The van der Waals surface area contributed by atoms with Crippen molar-refractivity contribution in [1.29, 1.82) is 0 Å². The number of aromatic nitrogens is 3. The van der Waals surface area contributed by atoms with Crippen molar-refractivity contribution < 1.29 is 23.9 Å². The van der Waals surface area contributed by atoms with Crippen LogP contribution in [0, 0.1) is 5.41 Å². The molecule has 4 aromatic rings. The number of urea groups is 1. The second-order valence-electron chi connectivity index (χ2n) is 15.5. The highest BCUT2D eigenvalue weighted by Crippen LogP contribution is 2.42. The van der Waals surface area contributed by atoms with Crippen LogP contribution in [0.1, 0.15) is 62.9 Å². The smallest absolute Gasteiger partial charge is 0.324 e. The summed E-state index contributed by atoms with van der Waals surface area (Å²) >= 11 is 1.48. The van der Waals surface area contributed by atoms with E-state index in [-0.39, 0.29) is 71.6 Å². The zero-order chi connectivity index (χ0) is 38.1. The summed E-state index contributed by atoms with van der Waals surface area (Å²) in [6.07, 6.45) is 3.58. The molecule has 3 aliphatic rings. The van der Waals surface area contributed by atoms with Crippen LogP contribution < -0.4 is 10.7 Å². The van der Waals surface area contributed by atoms with Gasteiger partial charge in [0.15, 0.2) is 0 Å². The lowest BCUT2D eigenvalue weighted by Crippen LogP contribution is -2.62. The number of hydrogen-bond acceptors (Lipinski definition) is 10. The van der Waals surface area contributed by atoms with Crippen LogP contribution in [0.25, 0.3) is 33.4 Å². The van der Waals surface area contributed by atoms with Crippen LogP contribution in [0.2, 0.25) is 0 Å². The summed E-state index contributed by atoms with van der Waals surface area (Å²) in [6, 6.07) is 8.70. The van der Waals surface area contributed by atoms with Gasteiger partial charge in [0.1, 0.15) is 12.1 Å². The van der Waals surface area contributed by atoms with Gasteiger partial charge in [-0.2, -0.15) is 40.5 Å². The molecule has 2 fully saturated rings. The molecular formula is C40H58N8O5S4. The number of likely N-dealkylation sites (N-methyl/N-ethyl adjacent to an activating group) is 1. The Hall–Kier alpha value is -3.32. The molecule has 2 N–H and O–H groups in total. The lowest BCUT2D eigenvalue weighted by molar-refractivity contribution is -0.155. The van der Waals surface area contributed by atoms with Crippen LogP contribution in [0.15, 0.2) is 41.9 Å². The Bertz CT molecular complexity index is 2030. The van der Waals surface area contributed by atoms with Crippen molar-refractivity contribution in [1.82, 2.24) is 40.1 Å². The summed E-state index contributed by atoms with van der Waals surface area (Å²) in [5.41, 5.74) is 9.65. The van der Waals surface area contributed by atoms with Gasteiger partial charge >= 0.3 is 12.0 Å². The molecule has 0 aliphatic carbocycles. The average Bonchev–Trinajstić information content (AvgIpc) is 3.77. The molecule has 0 unspecified atom stereocenters. The number of thiazole rings is 1. The van der Waals surface area contributed by atoms with Crippen LogP contribution in [0.4, 0.5) is 4.79 Å². The number of pyridine rings is 1. The number of hydrogen-bond donors (Lipinski definition) is 2. The summed E-state index contributed by atoms with van der Waals surface area (Å²) in [5, 5.41) is 8.37. The Morgan fingerprint density at radius 1 is 1.12 bits per heavy atom.